The fourth-order valence-electron chi connectivity index (χ4n) is 3.53. The van der Waals surface area contributed by atoms with E-state index in [4.69, 9.17) is 5.73 Å². The lowest BCUT2D eigenvalue weighted by atomic mass is 9.79. The van der Waals surface area contributed by atoms with Gasteiger partial charge in [0, 0.05) is 30.6 Å². The summed E-state index contributed by atoms with van der Waals surface area (Å²) in [5.74, 6) is 1.59. The second-order valence-corrected chi connectivity index (χ2v) is 7.20. The predicted molar refractivity (Wildman–Crippen MR) is 77.8 cm³/mol. The van der Waals surface area contributed by atoms with Crippen LogP contribution in [0.15, 0.2) is 11.4 Å². The van der Waals surface area contributed by atoms with Crippen molar-refractivity contribution in [2.45, 2.75) is 45.2 Å². The number of thiophene rings is 1. The third-order valence-electron chi connectivity index (χ3n) is 4.68. The van der Waals surface area contributed by atoms with E-state index in [1.54, 1.807) is 10.4 Å². The molecule has 0 bridgehead atoms. The molecule has 18 heavy (non-hydrogen) atoms. The number of nitrogens with two attached hydrogens (primary N) is 1. The highest BCUT2D eigenvalue weighted by atomic mass is 32.1. The minimum absolute atomic E-state index is 0.435. The third-order valence-corrected chi connectivity index (χ3v) is 5.71. The van der Waals surface area contributed by atoms with E-state index < -0.39 is 0 Å². The van der Waals surface area contributed by atoms with Crippen molar-refractivity contribution in [1.82, 2.24) is 4.90 Å². The Kier molecular flexibility index (Phi) is 3.73. The highest BCUT2D eigenvalue weighted by molar-refractivity contribution is 7.10. The lowest BCUT2D eigenvalue weighted by Gasteiger charge is -2.37. The molecule has 0 spiro atoms. The van der Waals surface area contributed by atoms with Crippen LogP contribution in [0.5, 0.6) is 0 Å². The van der Waals surface area contributed by atoms with E-state index in [9.17, 15) is 0 Å². The van der Waals surface area contributed by atoms with E-state index in [1.807, 2.05) is 11.3 Å². The van der Waals surface area contributed by atoms with Crippen LogP contribution in [-0.4, -0.2) is 24.0 Å². The van der Waals surface area contributed by atoms with Gasteiger partial charge in [-0.3, -0.25) is 4.90 Å². The zero-order valence-corrected chi connectivity index (χ0v) is 12.1. The molecule has 0 radical (unpaired) electrons. The zero-order valence-electron chi connectivity index (χ0n) is 11.3. The molecular formula is C15H24N2S. The lowest BCUT2D eigenvalue weighted by Crippen LogP contribution is -2.44. The van der Waals surface area contributed by atoms with E-state index in [0.717, 1.165) is 12.5 Å². The first-order valence-electron chi connectivity index (χ1n) is 7.25. The molecule has 0 amide bonds. The molecule has 2 aliphatic rings. The summed E-state index contributed by atoms with van der Waals surface area (Å²) in [5, 5.41) is 2.24. The van der Waals surface area contributed by atoms with Crippen molar-refractivity contribution < 1.29 is 0 Å². The molecule has 1 fully saturated rings. The monoisotopic (exact) mass is 264 g/mol. The normalized spacial score (nSPS) is 33.3. The molecule has 3 heteroatoms. The van der Waals surface area contributed by atoms with Crippen LogP contribution in [0.2, 0.25) is 0 Å². The van der Waals surface area contributed by atoms with Crippen molar-refractivity contribution in [3.8, 4) is 0 Å². The van der Waals surface area contributed by atoms with Gasteiger partial charge in [-0.1, -0.05) is 6.92 Å². The van der Waals surface area contributed by atoms with E-state index in [2.05, 4.69) is 23.3 Å². The molecule has 2 heterocycles. The minimum Gasteiger partial charge on any atom is -0.327 e. The number of hydrogen-bond acceptors (Lipinski definition) is 3. The number of rotatable bonds is 2. The van der Waals surface area contributed by atoms with Gasteiger partial charge in [-0.05, 0) is 54.5 Å². The Bertz CT molecular complexity index is 401. The van der Waals surface area contributed by atoms with Crippen molar-refractivity contribution in [2.24, 2.45) is 17.6 Å². The van der Waals surface area contributed by atoms with Gasteiger partial charge in [-0.25, -0.2) is 0 Å². The summed E-state index contributed by atoms with van der Waals surface area (Å²) >= 11 is 1.92. The van der Waals surface area contributed by atoms with Gasteiger partial charge < -0.3 is 5.73 Å². The molecular weight excluding hydrogens is 240 g/mol. The maximum atomic E-state index is 6.31. The summed E-state index contributed by atoms with van der Waals surface area (Å²) in [6, 6.07) is 2.74. The highest BCUT2D eigenvalue weighted by Crippen LogP contribution is 2.30. The Labute approximate surface area is 114 Å². The fourth-order valence-corrected chi connectivity index (χ4v) is 4.42. The molecule has 100 valence electrons. The second-order valence-electron chi connectivity index (χ2n) is 6.20. The Morgan fingerprint density at radius 3 is 3.22 bits per heavy atom. The van der Waals surface area contributed by atoms with Crippen LogP contribution in [0.4, 0.5) is 0 Å². The number of nitrogens with zero attached hydrogens (tertiary/aromatic N) is 1. The molecule has 2 N–H and O–H groups in total. The van der Waals surface area contributed by atoms with Crippen LogP contribution in [-0.2, 0) is 13.0 Å². The fraction of sp³-hybridized carbons (Fsp3) is 0.733. The average Bonchev–Trinajstić information content (AvgIpc) is 2.81. The van der Waals surface area contributed by atoms with Gasteiger partial charge in [-0.15, -0.1) is 11.3 Å². The topological polar surface area (TPSA) is 29.3 Å². The van der Waals surface area contributed by atoms with Gasteiger partial charge in [-0.2, -0.15) is 0 Å². The molecule has 1 aromatic rings. The van der Waals surface area contributed by atoms with Crippen LogP contribution < -0.4 is 5.73 Å². The van der Waals surface area contributed by atoms with Crippen molar-refractivity contribution in [2.75, 3.05) is 13.1 Å². The van der Waals surface area contributed by atoms with E-state index in [-0.39, 0.29) is 0 Å². The Hall–Kier alpha value is -0.380. The quantitative estimate of drug-likeness (QED) is 0.890. The van der Waals surface area contributed by atoms with E-state index in [1.165, 1.54) is 38.8 Å². The highest BCUT2D eigenvalue weighted by Gasteiger charge is 2.28. The van der Waals surface area contributed by atoms with Gasteiger partial charge in [0.05, 0.1) is 0 Å². The van der Waals surface area contributed by atoms with E-state index >= 15 is 0 Å². The smallest absolute Gasteiger partial charge is 0.0245 e. The lowest BCUT2D eigenvalue weighted by molar-refractivity contribution is 0.152. The van der Waals surface area contributed by atoms with Crippen LogP contribution in [0.3, 0.4) is 0 Å². The summed E-state index contributed by atoms with van der Waals surface area (Å²) in [5.41, 5.74) is 7.87. The standard InChI is InChI=1S/C15H24N2S/c1-11-2-3-14(16)13(8-11)10-17-6-4-15-12(9-17)5-7-18-15/h5,7,11,13-14H,2-4,6,8-10,16H2,1H3. The van der Waals surface area contributed by atoms with Gasteiger partial charge >= 0.3 is 0 Å². The average molecular weight is 264 g/mol. The molecule has 3 atom stereocenters. The predicted octanol–water partition coefficient (Wildman–Crippen LogP) is 2.87. The molecule has 1 aliphatic carbocycles. The molecule has 1 aliphatic heterocycles. The maximum Gasteiger partial charge on any atom is 0.0245 e. The van der Waals surface area contributed by atoms with Crippen LogP contribution in [0.1, 0.15) is 36.6 Å². The summed E-state index contributed by atoms with van der Waals surface area (Å²) in [6.07, 6.45) is 5.12. The summed E-state index contributed by atoms with van der Waals surface area (Å²) in [6.45, 7) is 5.97. The molecule has 1 saturated carbocycles. The van der Waals surface area contributed by atoms with Crippen LogP contribution in [0.25, 0.3) is 0 Å². The molecule has 3 unspecified atom stereocenters. The Morgan fingerprint density at radius 1 is 1.44 bits per heavy atom. The molecule has 1 aromatic heterocycles. The summed E-state index contributed by atoms with van der Waals surface area (Å²) in [4.78, 5) is 4.23. The molecule has 3 rings (SSSR count). The zero-order chi connectivity index (χ0) is 12.5. The van der Waals surface area contributed by atoms with Crippen molar-refractivity contribution >= 4 is 11.3 Å². The van der Waals surface area contributed by atoms with Gasteiger partial charge in [0.15, 0.2) is 0 Å². The first kappa shape index (κ1) is 12.6. The maximum absolute atomic E-state index is 6.31. The minimum atomic E-state index is 0.435. The largest absolute Gasteiger partial charge is 0.327 e. The van der Waals surface area contributed by atoms with Gasteiger partial charge in [0.1, 0.15) is 0 Å². The SMILES string of the molecule is CC1CCC(N)C(CN2CCc3sccc3C2)C1. The van der Waals surface area contributed by atoms with Gasteiger partial charge in [0.2, 0.25) is 0 Å². The van der Waals surface area contributed by atoms with Crippen LogP contribution >= 0.6 is 11.3 Å². The number of fused-ring (bicyclic) bond motifs is 1. The van der Waals surface area contributed by atoms with Crippen molar-refractivity contribution in [3.05, 3.63) is 21.9 Å². The molecule has 2 nitrogen and oxygen atoms in total. The van der Waals surface area contributed by atoms with E-state index in [0.29, 0.717) is 12.0 Å². The molecule has 0 saturated heterocycles. The second kappa shape index (κ2) is 5.32. The number of hydrogen-bond donors (Lipinski definition) is 1. The summed E-state index contributed by atoms with van der Waals surface area (Å²) in [7, 11) is 0. The first-order chi connectivity index (χ1) is 8.72. The first-order valence-corrected chi connectivity index (χ1v) is 8.13. The Balaban J connectivity index is 1.60. The third kappa shape index (κ3) is 2.63. The molecule has 0 aromatic carbocycles. The van der Waals surface area contributed by atoms with Crippen molar-refractivity contribution in [1.29, 1.82) is 0 Å². The van der Waals surface area contributed by atoms with Crippen LogP contribution in [0, 0.1) is 11.8 Å². The van der Waals surface area contributed by atoms with Crippen molar-refractivity contribution in [3.63, 3.8) is 0 Å². The Morgan fingerprint density at radius 2 is 2.33 bits per heavy atom. The summed E-state index contributed by atoms with van der Waals surface area (Å²) < 4.78 is 0. The van der Waals surface area contributed by atoms with Gasteiger partial charge in [0.25, 0.3) is 0 Å².